The van der Waals surface area contributed by atoms with Crippen molar-refractivity contribution >= 4 is 33.8 Å². The number of anilines is 1. The quantitative estimate of drug-likeness (QED) is 0.198. The summed E-state index contributed by atoms with van der Waals surface area (Å²) in [6.45, 7) is 6.90. The topological polar surface area (TPSA) is 124 Å². The number of esters is 1. The van der Waals surface area contributed by atoms with Crippen molar-refractivity contribution in [3.63, 3.8) is 0 Å². The summed E-state index contributed by atoms with van der Waals surface area (Å²) in [6, 6.07) is 21.0. The van der Waals surface area contributed by atoms with Crippen LogP contribution in [-0.2, 0) is 24.3 Å². The molecule has 3 aromatic carbocycles. The van der Waals surface area contributed by atoms with E-state index in [1.807, 2.05) is 6.92 Å². The number of rotatable bonds is 12. The highest BCUT2D eigenvalue weighted by Crippen LogP contribution is 2.25. The number of nitrogens with zero attached hydrogens (tertiary/aromatic N) is 2. The first-order chi connectivity index (χ1) is 19.0. The van der Waals surface area contributed by atoms with Crippen molar-refractivity contribution in [3.05, 3.63) is 84.4 Å². The number of para-hydroxylation sites is 1. The molecule has 0 fully saturated rings. The highest BCUT2D eigenvalue weighted by Gasteiger charge is 2.27. The van der Waals surface area contributed by atoms with E-state index in [2.05, 4.69) is 10.5 Å². The van der Waals surface area contributed by atoms with Crippen LogP contribution in [0.15, 0.2) is 88.9 Å². The number of hydrogen-bond acceptors (Lipinski definition) is 8. The molecule has 1 amide bonds. The summed E-state index contributed by atoms with van der Waals surface area (Å²) in [4.78, 5) is 24.5. The fourth-order valence-corrected chi connectivity index (χ4v) is 4.84. The molecule has 3 aromatic rings. The monoisotopic (exact) mass is 567 g/mol. The van der Waals surface area contributed by atoms with Crippen LogP contribution in [0.4, 0.5) is 5.69 Å². The van der Waals surface area contributed by atoms with E-state index in [-0.39, 0.29) is 11.5 Å². The maximum absolute atomic E-state index is 13.5. The van der Waals surface area contributed by atoms with Gasteiger partial charge in [0.15, 0.2) is 6.61 Å². The maximum atomic E-state index is 13.5. The van der Waals surface area contributed by atoms with Crippen molar-refractivity contribution in [2.45, 2.75) is 38.2 Å². The van der Waals surface area contributed by atoms with Gasteiger partial charge in [0.1, 0.15) is 23.6 Å². The molecule has 0 saturated carbocycles. The summed E-state index contributed by atoms with van der Waals surface area (Å²) in [5.74, 6) is -0.102. The summed E-state index contributed by atoms with van der Waals surface area (Å²) < 4.78 is 43.9. The molecule has 0 unspecified atom stereocenters. The third-order valence-corrected chi connectivity index (χ3v) is 6.90. The van der Waals surface area contributed by atoms with Crippen LogP contribution in [0.2, 0.25) is 0 Å². The van der Waals surface area contributed by atoms with Crippen LogP contribution in [0.5, 0.6) is 11.5 Å². The minimum absolute atomic E-state index is 0.0186. The number of sulfonamides is 1. The number of ether oxygens (including phenoxy) is 3. The molecule has 40 heavy (non-hydrogen) atoms. The lowest BCUT2D eigenvalue weighted by molar-refractivity contribution is -0.157. The molecule has 10 nitrogen and oxygen atoms in total. The molecule has 0 aromatic heterocycles. The Morgan fingerprint density at radius 3 is 2.10 bits per heavy atom. The molecule has 212 valence electrons. The van der Waals surface area contributed by atoms with Crippen molar-refractivity contribution in [2.24, 2.45) is 5.10 Å². The summed E-state index contributed by atoms with van der Waals surface area (Å²) in [5.41, 5.74) is 2.75. The van der Waals surface area contributed by atoms with Gasteiger partial charge in [-0.25, -0.2) is 18.6 Å². The fourth-order valence-electron chi connectivity index (χ4n) is 3.42. The van der Waals surface area contributed by atoms with Gasteiger partial charge in [-0.3, -0.25) is 9.10 Å². The van der Waals surface area contributed by atoms with E-state index in [9.17, 15) is 18.0 Å². The van der Waals surface area contributed by atoms with Gasteiger partial charge < -0.3 is 14.2 Å². The smallest absolute Gasteiger partial charge is 0.344 e. The fraction of sp³-hybridized carbons (Fsp3) is 0.276. The number of benzene rings is 3. The molecule has 11 heteroatoms. The van der Waals surface area contributed by atoms with E-state index < -0.39 is 34.0 Å². The zero-order valence-corrected chi connectivity index (χ0v) is 23.7. The van der Waals surface area contributed by atoms with Crippen molar-refractivity contribution in [1.29, 1.82) is 0 Å². The Hall–Kier alpha value is -4.38. The molecule has 0 aliphatic rings. The summed E-state index contributed by atoms with van der Waals surface area (Å²) in [5, 5.41) is 3.94. The zero-order chi connectivity index (χ0) is 29.2. The predicted molar refractivity (Wildman–Crippen MR) is 152 cm³/mol. The Morgan fingerprint density at radius 1 is 0.900 bits per heavy atom. The lowest BCUT2D eigenvalue weighted by Crippen LogP contribution is -2.39. The first kappa shape index (κ1) is 30.2. The van der Waals surface area contributed by atoms with Crippen LogP contribution in [0.1, 0.15) is 33.3 Å². The average molecular weight is 568 g/mol. The van der Waals surface area contributed by atoms with E-state index in [0.717, 1.165) is 4.31 Å². The molecular formula is C29H33N3O7S. The van der Waals surface area contributed by atoms with Crippen LogP contribution in [0, 0.1) is 0 Å². The largest absolute Gasteiger partial charge is 0.494 e. The molecule has 0 radical (unpaired) electrons. The standard InChI is InChI=1S/C29H33N3O7S/c1-5-37-24-15-17-26(18-16-24)40(35,36)32(23-9-7-6-8-10-23)20-27(33)31-30-19-22-11-13-25(14-12-22)38-21-28(34)39-29(2,3)4/h6-19H,5,20-21H2,1-4H3,(H,31,33)/b30-19+. The minimum Gasteiger partial charge on any atom is -0.494 e. The molecule has 0 aliphatic heterocycles. The SMILES string of the molecule is CCOc1ccc(S(=O)(=O)N(CC(=O)N/N=C/c2ccc(OCC(=O)OC(C)(C)C)cc2)c2ccccc2)cc1. The molecule has 0 atom stereocenters. The van der Waals surface area contributed by atoms with Gasteiger partial charge in [0.25, 0.3) is 15.9 Å². The number of carbonyl (C=O) groups is 2. The van der Waals surface area contributed by atoms with Crippen LogP contribution in [-0.4, -0.2) is 51.9 Å². The molecule has 0 aliphatic carbocycles. The van der Waals surface area contributed by atoms with Gasteiger partial charge >= 0.3 is 5.97 Å². The minimum atomic E-state index is -4.07. The van der Waals surface area contributed by atoms with Gasteiger partial charge in [0.05, 0.1) is 23.4 Å². The Bertz CT molecular complexity index is 1400. The van der Waals surface area contributed by atoms with Gasteiger partial charge in [-0.15, -0.1) is 0 Å². The van der Waals surface area contributed by atoms with Gasteiger partial charge in [-0.1, -0.05) is 18.2 Å². The summed E-state index contributed by atoms with van der Waals surface area (Å²) in [7, 11) is -4.07. The van der Waals surface area contributed by atoms with Gasteiger partial charge in [-0.2, -0.15) is 5.10 Å². The number of nitrogens with one attached hydrogen (secondary N) is 1. The summed E-state index contributed by atoms with van der Waals surface area (Å²) in [6.07, 6.45) is 1.41. The number of amides is 1. The van der Waals surface area contributed by atoms with E-state index in [0.29, 0.717) is 29.4 Å². The van der Waals surface area contributed by atoms with Gasteiger partial charge in [-0.05, 0) is 93.9 Å². The lowest BCUT2D eigenvalue weighted by atomic mass is 10.2. The maximum Gasteiger partial charge on any atom is 0.344 e. The van der Waals surface area contributed by atoms with Crippen LogP contribution in [0.3, 0.4) is 0 Å². The number of hydrogen-bond donors (Lipinski definition) is 1. The molecule has 0 bridgehead atoms. The second kappa shape index (κ2) is 13.6. The van der Waals surface area contributed by atoms with Crippen molar-refractivity contribution < 1.29 is 32.2 Å². The molecule has 3 rings (SSSR count). The lowest BCUT2D eigenvalue weighted by Gasteiger charge is -2.23. The van der Waals surface area contributed by atoms with Crippen LogP contribution < -0.4 is 19.2 Å². The molecular weight excluding hydrogens is 534 g/mol. The van der Waals surface area contributed by atoms with Crippen LogP contribution >= 0.6 is 0 Å². The molecule has 0 heterocycles. The van der Waals surface area contributed by atoms with Crippen LogP contribution in [0.25, 0.3) is 0 Å². The van der Waals surface area contributed by atoms with Crippen molar-refractivity contribution in [3.8, 4) is 11.5 Å². The second-order valence-corrected chi connectivity index (χ2v) is 11.4. The van der Waals surface area contributed by atoms with Crippen molar-refractivity contribution in [2.75, 3.05) is 24.1 Å². The second-order valence-electron chi connectivity index (χ2n) is 9.49. The number of carbonyl (C=O) groups excluding carboxylic acids is 2. The highest BCUT2D eigenvalue weighted by molar-refractivity contribution is 7.92. The molecule has 0 spiro atoms. The van der Waals surface area contributed by atoms with E-state index in [4.69, 9.17) is 14.2 Å². The third-order valence-electron chi connectivity index (χ3n) is 5.11. The normalized spacial score (nSPS) is 11.6. The van der Waals surface area contributed by atoms with E-state index >= 15 is 0 Å². The van der Waals surface area contributed by atoms with Crippen molar-refractivity contribution in [1.82, 2.24) is 5.43 Å². The Kier molecular flexibility index (Phi) is 10.3. The Labute approximate surface area is 234 Å². The first-order valence-electron chi connectivity index (χ1n) is 12.6. The average Bonchev–Trinajstić information content (AvgIpc) is 2.91. The molecule has 1 N–H and O–H groups in total. The molecule has 0 saturated heterocycles. The number of hydrazone groups is 1. The van der Waals surface area contributed by atoms with Gasteiger partial charge in [0.2, 0.25) is 0 Å². The predicted octanol–water partition coefficient (Wildman–Crippen LogP) is 4.15. The van der Waals surface area contributed by atoms with Gasteiger partial charge in [0, 0.05) is 0 Å². The Morgan fingerprint density at radius 2 is 1.50 bits per heavy atom. The van der Waals surface area contributed by atoms with E-state index in [1.54, 1.807) is 87.5 Å². The Balaban J connectivity index is 1.63. The third kappa shape index (κ3) is 9.12. The van der Waals surface area contributed by atoms with E-state index in [1.165, 1.54) is 18.3 Å². The first-order valence-corrected chi connectivity index (χ1v) is 14.0. The zero-order valence-electron chi connectivity index (χ0n) is 22.9. The highest BCUT2D eigenvalue weighted by atomic mass is 32.2. The summed E-state index contributed by atoms with van der Waals surface area (Å²) >= 11 is 0.